The third-order valence-corrected chi connectivity index (χ3v) is 5.13. The zero-order chi connectivity index (χ0) is 21.6. The van der Waals surface area contributed by atoms with E-state index in [1.165, 1.54) is 19.2 Å². The maximum absolute atomic E-state index is 12.5. The van der Waals surface area contributed by atoms with Crippen molar-refractivity contribution < 1.29 is 19.4 Å². The van der Waals surface area contributed by atoms with Gasteiger partial charge in [-0.2, -0.15) is 0 Å². The number of amides is 1. The highest BCUT2D eigenvalue weighted by molar-refractivity contribution is 6.39. The number of carbonyl (C=O) groups is 2. The monoisotopic (exact) mass is 458 g/mol. The molecule has 9 heteroatoms. The quantitative estimate of drug-likeness (QED) is 0.524. The van der Waals surface area contributed by atoms with E-state index in [1.807, 2.05) is 18.2 Å². The lowest BCUT2D eigenvalue weighted by atomic mass is 10.00. The first-order chi connectivity index (χ1) is 13.8. The first-order valence-corrected chi connectivity index (χ1v) is 9.90. The van der Waals surface area contributed by atoms with E-state index in [2.05, 4.69) is 10.1 Å². The van der Waals surface area contributed by atoms with Gasteiger partial charge < -0.3 is 20.9 Å². The number of rotatable bonds is 8. The van der Waals surface area contributed by atoms with Crippen LogP contribution in [0.4, 0.5) is 0 Å². The Bertz CT molecular complexity index is 869. The van der Waals surface area contributed by atoms with Gasteiger partial charge in [-0.05, 0) is 48.2 Å². The van der Waals surface area contributed by atoms with Crippen molar-refractivity contribution in [2.75, 3.05) is 13.7 Å². The second-order valence-electron chi connectivity index (χ2n) is 6.33. The van der Waals surface area contributed by atoms with E-state index < -0.39 is 24.0 Å². The fraction of sp³-hybridized carbons (Fsp3) is 0.300. The number of methoxy groups -OCH3 is 1. The minimum atomic E-state index is -1.03. The lowest BCUT2D eigenvalue weighted by Crippen LogP contribution is -2.46. The molecule has 6 nitrogen and oxygen atoms in total. The summed E-state index contributed by atoms with van der Waals surface area (Å²) in [5.41, 5.74) is 6.93. The number of aryl methyl sites for hydroxylation is 1. The number of carbonyl (C=O) groups excluding carboxylic acids is 2. The average Bonchev–Trinajstić information content (AvgIpc) is 2.69. The van der Waals surface area contributed by atoms with Crippen LogP contribution in [0.1, 0.15) is 34.0 Å². The number of hydrogen-bond acceptors (Lipinski definition) is 5. The van der Waals surface area contributed by atoms with Gasteiger partial charge in [0.15, 0.2) is 0 Å². The zero-order valence-electron chi connectivity index (χ0n) is 15.6. The van der Waals surface area contributed by atoms with Gasteiger partial charge in [0.2, 0.25) is 0 Å². The maximum atomic E-state index is 12.5. The molecule has 0 aliphatic rings. The molecule has 0 aliphatic heterocycles. The molecule has 0 aromatic heterocycles. The van der Waals surface area contributed by atoms with Crippen LogP contribution in [0.15, 0.2) is 36.4 Å². The summed E-state index contributed by atoms with van der Waals surface area (Å²) in [7, 11) is 1.19. The predicted octanol–water partition coefficient (Wildman–Crippen LogP) is 3.54. The van der Waals surface area contributed by atoms with Crippen LogP contribution in [0.25, 0.3) is 0 Å². The molecular formula is C20H21Cl3N2O4. The van der Waals surface area contributed by atoms with Crippen molar-refractivity contribution in [2.24, 2.45) is 5.73 Å². The second kappa shape index (κ2) is 10.8. The molecule has 2 aromatic rings. The van der Waals surface area contributed by atoms with Gasteiger partial charge in [-0.1, -0.05) is 46.9 Å². The molecule has 2 atom stereocenters. The number of aliphatic hydroxyl groups is 1. The topological polar surface area (TPSA) is 102 Å². The highest BCUT2D eigenvalue weighted by atomic mass is 35.5. The number of hydrogen-bond donors (Lipinski definition) is 3. The van der Waals surface area contributed by atoms with E-state index in [-0.39, 0.29) is 22.2 Å². The molecule has 2 unspecified atom stereocenters. The van der Waals surface area contributed by atoms with Gasteiger partial charge in [0.25, 0.3) is 5.91 Å². The Hall–Kier alpha value is -1.83. The minimum Gasteiger partial charge on any atom is -0.467 e. The van der Waals surface area contributed by atoms with E-state index in [0.29, 0.717) is 23.4 Å². The Morgan fingerprint density at radius 2 is 1.83 bits per heavy atom. The predicted molar refractivity (Wildman–Crippen MR) is 114 cm³/mol. The summed E-state index contributed by atoms with van der Waals surface area (Å²) in [5.74, 6) is -1.35. The van der Waals surface area contributed by atoms with E-state index >= 15 is 0 Å². The van der Waals surface area contributed by atoms with E-state index in [9.17, 15) is 14.7 Å². The molecule has 2 aromatic carbocycles. The van der Waals surface area contributed by atoms with Crippen LogP contribution >= 0.6 is 34.8 Å². The molecule has 0 radical (unpaired) electrons. The van der Waals surface area contributed by atoms with E-state index in [1.54, 1.807) is 6.07 Å². The third kappa shape index (κ3) is 6.32. The third-order valence-electron chi connectivity index (χ3n) is 4.30. The van der Waals surface area contributed by atoms with Crippen LogP contribution in [0.3, 0.4) is 0 Å². The molecule has 0 bridgehead atoms. The Labute approximate surface area is 183 Å². The summed E-state index contributed by atoms with van der Waals surface area (Å²) in [6.07, 6.45) is 0.167. The van der Waals surface area contributed by atoms with Crippen LogP contribution < -0.4 is 11.1 Å². The van der Waals surface area contributed by atoms with Crippen LogP contribution in [0.2, 0.25) is 15.1 Å². The number of benzene rings is 2. The number of esters is 1. The fourth-order valence-electron chi connectivity index (χ4n) is 2.75. The molecule has 2 rings (SSSR count). The normalized spacial score (nSPS) is 12.9. The van der Waals surface area contributed by atoms with Crippen LogP contribution in [0.5, 0.6) is 0 Å². The molecule has 1 amide bonds. The smallest absolute Gasteiger partial charge is 0.329 e. The van der Waals surface area contributed by atoms with Gasteiger partial charge in [0.1, 0.15) is 6.04 Å². The van der Waals surface area contributed by atoms with Crippen molar-refractivity contribution in [3.8, 4) is 0 Å². The molecule has 4 N–H and O–H groups in total. The van der Waals surface area contributed by atoms with Crippen LogP contribution in [-0.2, 0) is 16.0 Å². The second-order valence-corrected chi connectivity index (χ2v) is 7.58. The number of nitrogens with two attached hydrogens (primary N) is 1. The van der Waals surface area contributed by atoms with Crippen LogP contribution in [0, 0.1) is 0 Å². The van der Waals surface area contributed by atoms with Gasteiger partial charge >= 0.3 is 5.97 Å². The van der Waals surface area contributed by atoms with Crippen molar-refractivity contribution >= 4 is 46.7 Å². The zero-order valence-corrected chi connectivity index (χ0v) is 17.9. The summed E-state index contributed by atoms with van der Waals surface area (Å²) < 4.78 is 4.58. The molecular weight excluding hydrogens is 439 g/mol. The number of nitrogens with one attached hydrogen (secondary N) is 1. The van der Waals surface area contributed by atoms with Gasteiger partial charge in [0.05, 0.1) is 28.8 Å². The Kier molecular flexibility index (Phi) is 8.74. The van der Waals surface area contributed by atoms with Gasteiger partial charge in [-0.15, -0.1) is 0 Å². The van der Waals surface area contributed by atoms with E-state index in [0.717, 1.165) is 5.56 Å². The van der Waals surface area contributed by atoms with Crippen molar-refractivity contribution in [3.63, 3.8) is 0 Å². The highest BCUT2D eigenvalue weighted by Gasteiger charge is 2.24. The number of aliphatic hydroxyl groups excluding tert-OH is 1. The number of halogens is 3. The van der Waals surface area contributed by atoms with Crippen LogP contribution in [-0.4, -0.2) is 36.7 Å². The Morgan fingerprint density at radius 1 is 1.17 bits per heavy atom. The van der Waals surface area contributed by atoms with Crippen molar-refractivity contribution in [1.82, 2.24) is 5.32 Å². The van der Waals surface area contributed by atoms with Crippen molar-refractivity contribution in [3.05, 3.63) is 68.2 Å². The van der Waals surface area contributed by atoms with Crippen molar-refractivity contribution in [1.29, 1.82) is 0 Å². The van der Waals surface area contributed by atoms with Gasteiger partial charge in [0, 0.05) is 11.6 Å². The van der Waals surface area contributed by atoms with Gasteiger partial charge in [-0.25, -0.2) is 4.79 Å². The van der Waals surface area contributed by atoms with Crippen molar-refractivity contribution in [2.45, 2.75) is 25.0 Å². The molecule has 0 heterocycles. The Balaban J connectivity index is 2.13. The molecule has 156 valence electrons. The van der Waals surface area contributed by atoms with Gasteiger partial charge in [-0.3, -0.25) is 4.79 Å². The molecule has 0 saturated carbocycles. The molecule has 0 aliphatic carbocycles. The summed E-state index contributed by atoms with van der Waals surface area (Å²) in [6, 6.07) is 9.29. The fourth-order valence-corrected chi connectivity index (χ4v) is 3.64. The average molecular weight is 460 g/mol. The maximum Gasteiger partial charge on any atom is 0.329 e. The first-order valence-electron chi connectivity index (χ1n) is 8.77. The first kappa shape index (κ1) is 23.4. The molecule has 0 spiro atoms. The summed E-state index contributed by atoms with van der Waals surface area (Å²) in [6.45, 7) is -0.145. The Morgan fingerprint density at radius 3 is 2.38 bits per heavy atom. The molecule has 0 fully saturated rings. The standard InChI is InChI=1S/C20H21Cl3N2O4/c1-29-20(28)16(10-24)25-19(27)18-14(22)8-12(9-15(18)23)17(26)6-5-11-3-2-4-13(21)7-11/h2-4,7-9,16-17,26H,5-6,10,24H2,1H3,(H,25,27). The summed E-state index contributed by atoms with van der Waals surface area (Å²) in [4.78, 5) is 24.1. The lowest BCUT2D eigenvalue weighted by molar-refractivity contribution is -0.142. The molecule has 0 saturated heterocycles. The lowest BCUT2D eigenvalue weighted by Gasteiger charge is -2.17. The summed E-state index contributed by atoms with van der Waals surface area (Å²) >= 11 is 18.4. The highest BCUT2D eigenvalue weighted by Crippen LogP contribution is 2.31. The molecule has 29 heavy (non-hydrogen) atoms. The number of ether oxygens (including phenoxy) is 1. The minimum absolute atomic E-state index is 0.0125. The summed E-state index contributed by atoms with van der Waals surface area (Å²) in [5, 5.41) is 13.6. The SMILES string of the molecule is COC(=O)C(CN)NC(=O)c1c(Cl)cc(C(O)CCc2cccc(Cl)c2)cc1Cl. The van der Waals surface area contributed by atoms with E-state index in [4.69, 9.17) is 40.5 Å². The largest absolute Gasteiger partial charge is 0.467 e.